The molecule has 0 aromatic heterocycles. The zero-order chi connectivity index (χ0) is 16.0. The Balaban J connectivity index is 1.81. The molecule has 0 amide bonds. The maximum Gasteiger partial charge on any atom is 0.191 e. The summed E-state index contributed by atoms with van der Waals surface area (Å²) in [5.41, 5.74) is 0.427. The molecule has 0 radical (unpaired) electrons. The Morgan fingerprint density at radius 2 is 2.00 bits per heavy atom. The highest BCUT2D eigenvalue weighted by atomic mass is 32.2. The Morgan fingerprint density at radius 1 is 1.27 bits per heavy atom. The molecule has 3 atom stereocenters. The minimum absolute atomic E-state index is 0.363. The van der Waals surface area contributed by atoms with Gasteiger partial charge in [-0.3, -0.25) is 9.20 Å². The van der Waals surface area contributed by atoms with Crippen LogP contribution < -0.4 is 10.6 Å². The summed E-state index contributed by atoms with van der Waals surface area (Å²) < 4.78 is 12.0. The van der Waals surface area contributed by atoms with Crippen LogP contribution in [0.5, 0.6) is 0 Å². The van der Waals surface area contributed by atoms with Gasteiger partial charge in [-0.05, 0) is 37.5 Å². The number of hydrogen-bond donors (Lipinski definition) is 2. The zero-order valence-corrected chi connectivity index (χ0v) is 15.3. The number of rotatable bonds is 5. The molecule has 0 aromatic carbocycles. The van der Waals surface area contributed by atoms with E-state index < -0.39 is 10.8 Å². The maximum atomic E-state index is 12.0. The van der Waals surface area contributed by atoms with E-state index in [1.807, 2.05) is 14.0 Å². The number of guanidine groups is 1. The molecule has 0 aliphatic heterocycles. The molecule has 0 bridgehead atoms. The molecular weight excluding hydrogens is 294 g/mol. The van der Waals surface area contributed by atoms with Gasteiger partial charge >= 0.3 is 0 Å². The Morgan fingerprint density at radius 3 is 2.64 bits per heavy atom. The van der Waals surface area contributed by atoms with E-state index in [1.165, 1.54) is 32.1 Å². The first-order valence-electron chi connectivity index (χ1n) is 8.90. The summed E-state index contributed by atoms with van der Waals surface area (Å²) in [6.45, 7) is 5.40. The van der Waals surface area contributed by atoms with Crippen LogP contribution >= 0.6 is 0 Å². The second kappa shape index (κ2) is 8.32. The van der Waals surface area contributed by atoms with E-state index in [-0.39, 0.29) is 0 Å². The highest BCUT2D eigenvalue weighted by Gasteiger charge is 2.29. The Labute approximate surface area is 138 Å². The van der Waals surface area contributed by atoms with Gasteiger partial charge in [-0.25, -0.2) is 0 Å². The monoisotopic (exact) mass is 327 g/mol. The standard InChI is InChI=1S/C17H33N3OS/c1-4-22(21)15-9-7-8-14(12-15)20-16(18-3)19-13-17(2)10-5-6-11-17/h14-15H,4-13H2,1-3H3,(H2,18,19,20). The summed E-state index contributed by atoms with van der Waals surface area (Å²) in [6.07, 6.45) is 9.81. The molecule has 0 heterocycles. The average molecular weight is 328 g/mol. The lowest BCUT2D eigenvalue weighted by molar-refractivity contribution is 0.331. The van der Waals surface area contributed by atoms with Gasteiger partial charge in [0, 0.05) is 41.4 Å². The molecule has 128 valence electrons. The predicted octanol–water partition coefficient (Wildman–Crippen LogP) is 2.81. The van der Waals surface area contributed by atoms with Crippen LogP contribution in [0.4, 0.5) is 0 Å². The first-order chi connectivity index (χ1) is 10.6. The van der Waals surface area contributed by atoms with Crippen molar-refractivity contribution < 1.29 is 4.21 Å². The molecule has 0 aromatic rings. The second-order valence-electron chi connectivity index (χ2n) is 7.24. The number of aliphatic imine (C=N–C) groups is 1. The number of nitrogens with one attached hydrogen (secondary N) is 2. The van der Waals surface area contributed by atoms with Crippen molar-refractivity contribution in [2.24, 2.45) is 10.4 Å². The highest BCUT2D eigenvalue weighted by molar-refractivity contribution is 7.85. The van der Waals surface area contributed by atoms with Gasteiger partial charge < -0.3 is 10.6 Å². The van der Waals surface area contributed by atoms with E-state index in [1.54, 1.807) is 0 Å². The van der Waals surface area contributed by atoms with Crippen molar-refractivity contribution in [1.82, 2.24) is 10.6 Å². The fraction of sp³-hybridized carbons (Fsp3) is 0.941. The third kappa shape index (κ3) is 4.97. The molecule has 5 heteroatoms. The summed E-state index contributed by atoms with van der Waals surface area (Å²) in [7, 11) is 1.18. The Kier molecular flexibility index (Phi) is 6.72. The summed E-state index contributed by atoms with van der Waals surface area (Å²) in [5.74, 6) is 1.70. The van der Waals surface area contributed by atoms with E-state index in [0.29, 0.717) is 16.7 Å². The topological polar surface area (TPSA) is 53.5 Å². The summed E-state index contributed by atoms with van der Waals surface area (Å²) >= 11 is 0. The van der Waals surface area contributed by atoms with E-state index in [0.717, 1.165) is 37.5 Å². The fourth-order valence-corrected chi connectivity index (χ4v) is 5.19. The van der Waals surface area contributed by atoms with E-state index in [2.05, 4.69) is 22.5 Å². The van der Waals surface area contributed by atoms with Gasteiger partial charge in [-0.2, -0.15) is 0 Å². The van der Waals surface area contributed by atoms with Crippen LogP contribution in [0.1, 0.15) is 65.2 Å². The van der Waals surface area contributed by atoms with Crippen molar-refractivity contribution in [3.8, 4) is 0 Å². The van der Waals surface area contributed by atoms with Gasteiger partial charge in [0.25, 0.3) is 0 Å². The lowest BCUT2D eigenvalue weighted by atomic mass is 9.89. The SMILES string of the molecule is CCS(=O)C1CCCC(NC(=NC)NCC2(C)CCCC2)C1. The molecule has 2 saturated carbocycles. The molecule has 2 N–H and O–H groups in total. The maximum absolute atomic E-state index is 12.0. The fourth-order valence-electron chi connectivity index (χ4n) is 3.84. The predicted molar refractivity (Wildman–Crippen MR) is 95.8 cm³/mol. The van der Waals surface area contributed by atoms with Crippen molar-refractivity contribution in [3.05, 3.63) is 0 Å². The zero-order valence-electron chi connectivity index (χ0n) is 14.5. The van der Waals surface area contributed by atoms with Gasteiger partial charge in [0.05, 0.1) is 0 Å². The lowest BCUT2D eigenvalue weighted by Crippen LogP contribution is -2.48. The molecule has 2 fully saturated rings. The molecule has 22 heavy (non-hydrogen) atoms. The van der Waals surface area contributed by atoms with Crippen LogP contribution in [0.2, 0.25) is 0 Å². The second-order valence-corrected chi connectivity index (χ2v) is 9.25. The summed E-state index contributed by atoms with van der Waals surface area (Å²) in [4.78, 5) is 4.38. The van der Waals surface area contributed by atoms with Crippen LogP contribution in [0.15, 0.2) is 4.99 Å². The molecule has 3 unspecified atom stereocenters. The normalized spacial score (nSPS) is 30.0. The molecule has 2 aliphatic carbocycles. The number of hydrogen-bond acceptors (Lipinski definition) is 2. The molecule has 2 aliphatic rings. The third-order valence-electron chi connectivity index (χ3n) is 5.34. The largest absolute Gasteiger partial charge is 0.356 e. The van der Waals surface area contributed by atoms with Crippen molar-refractivity contribution >= 4 is 16.8 Å². The van der Waals surface area contributed by atoms with Crippen LogP contribution in [0, 0.1) is 5.41 Å². The first kappa shape index (κ1) is 17.8. The van der Waals surface area contributed by atoms with Gasteiger partial charge in [0.1, 0.15) is 0 Å². The third-order valence-corrected chi connectivity index (χ3v) is 7.08. The highest BCUT2D eigenvalue weighted by Crippen LogP contribution is 2.36. The summed E-state index contributed by atoms with van der Waals surface area (Å²) in [5, 5.41) is 7.44. The minimum Gasteiger partial charge on any atom is -0.356 e. The van der Waals surface area contributed by atoms with Crippen LogP contribution in [0.3, 0.4) is 0 Å². The van der Waals surface area contributed by atoms with Crippen LogP contribution in [-0.4, -0.2) is 40.8 Å². The minimum atomic E-state index is -0.664. The Bertz CT molecular complexity index is 405. The lowest BCUT2D eigenvalue weighted by Gasteiger charge is -2.31. The van der Waals surface area contributed by atoms with Crippen LogP contribution in [-0.2, 0) is 10.8 Å². The van der Waals surface area contributed by atoms with Gasteiger partial charge in [-0.1, -0.05) is 33.1 Å². The average Bonchev–Trinajstić information content (AvgIpc) is 2.98. The van der Waals surface area contributed by atoms with Crippen LogP contribution in [0.25, 0.3) is 0 Å². The van der Waals surface area contributed by atoms with Gasteiger partial charge in [0.2, 0.25) is 0 Å². The first-order valence-corrected chi connectivity index (χ1v) is 10.3. The molecule has 0 spiro atoms. The quantitative estimate of drug-likeness (QED) is 0.603. The van der Waals surface area contributed by atoms with Crippen molar-refractivity contribution in [1.29, 1.82) is 0 Å². The number of nitrogens with zero attached hydrogens (tertiary/aromatic N) is 1. The van der Waals surface area contributed by atoms with Crippen molar-refractivity contribution in [2.45, 2.75) is 76.5 Å². The van der Waals surface area contributed by atoms with Crippen molar-refractivity contribution in [2.75, 3.05) is 19.3 Å². The smallest absolute Gasteiger partial charge is 0.191 e. The molecular formula is C17H33N3OS. The Hall–Kier alpha value is -0.580. The van der Waals surface area contributed by atoms with Gasteiger partial charge in [-0.15, -0.1) is 0 Å². The molecule has 2 rings (SSSR count). The van der Waals surface area contributed by atoms with E-state index in [9.17, 15) is 4.21 Å². The van der Waals surface area contributed by atoms with E-state index >= 15 is 0 Å². The molecule has 4 nitrogen and oxygen atoms in total. The summed E-state index contributed by atoms with van der Waals surface area (Å²) in [6, 6.07) is 0.414. The van der Waals surface area contributed by atoms with Gasteiger partial charge in [0.15, 0.2) is 5.96 Å². The van der Waals surface area contributed by atoms with Crippen molar-refractivity contribution in [3.63, 3.8) is 0 Å². The van der Waals surface area contributed by atoms with E-state index in [4.69, 9.17) is 0 Å². The molecule has 0 saturated heterocycles.